The van der Waals surface area contributed by atoms with Gasteiger partial charge in [0.25, 0.3) is 0 Å². The number of nitrogens with zero attached hydrogens (tertiary/aromatic N) is 3. The van der Waals surface area contributed by atoms with Crippen LogP contribution in [0.15, 0.2) is 36.5 Å². The summed E-state index contributed by atoms with van der Waals surface area (Å²) in [6, 6.07) is 11.0. The third kappa shape index (κ3) is 3.36. The molecule has 0 N–H and O–H groups in total. The van der Waals surface area contributed by atoms with E-state index < -0.39 is 0 Å². The van der Waals surface area contributed by atoms with E-state index in [4.69, 9.17) is 0 Å². The van der Waals surface area contributed by atoms with Crippen LogP contribution in [-0.4, -0.2) is 26.9 Å². The first-order valence-corrected chi connectivity index (χ1v) is 9.86. The van der Waals surface area contributed by atoms with E-state index in [-0.39, 0.29) is 5.91 Å². The van der Waals surface area contributed by atoms with Gasteiger partial charge in [0.05, 0.1) is 0 Å². The Morgan fingerprint density at radius 2 is 2.04 bits per heavy atom. The quantitative estimate of drug-likeness (QED) is 0.699. The Morgan fingerprint density at radius 1 is 1.19 bits per heavy atom. The largest absolute Gasteiger partial charge is 0.344 e. The minimum Gasteiger partial charge on any atom is -0.344 e. The summed E-state index contributed by atoms with van der Waals surface area (Å²) in [4.78, 5) is 18.7. The molecule has 1 aliphatic heterocycles. The molecule has 0 aliphatic carbocycles. The second-order valence-corrected chi connectivity index (χ2v) is 7.57. The van der Waals surface area contributed by atoms with E-state index in [1.807, 2.05) is 24.9 Å². The molecule has 0 atom stereocenters. The number of pyridine rings is 1. The van der Waals surface area contributed by atoms with Crippen molar-refractivity contribution in [3.8, 4) is 0 Å². The fraction of sp³-hybridized carbons (Fsp3) is 0.391. The summed E-state index contributed by atoms with van der Waals surface area (Å²) in [5.41, 5.74) is 7.61. The zero-order chi connectivity index (χ0) is 19.0. The maximum atomic E-state index is 12.2. The summed E-state index contributed by atoms with van der Waals surface area (Å²) in [7, 11) is 0. The predicted octanol–water partition coefficient (Wildman–Crippen LogP) is 4.19. The number of hydrogen-bond donors (Lipinski definition) is 0. The smallest absolute Gasteiger partial charge is 0.222 e. The van der Waals surface area contributed by atoms with Crippen molar-refractivity contribution in [3.63, 3.8) is 0 Å². The van der Waals surface area contributed by atoms with E-state index >= 15 is 0 Å². The van der Waals surface area contributed by atoms with E-state index in [1.165, 1.54) is 33.3 Å². The fourth-order valence-electron chi connectivity index (χ4n) is 4.14. The highest BCUT2D eigenvalue weighted by Crippen LogP contribution is 2.32. The molecule has 0 saturated heterocycles. The summed E-state index contributed by atoms with van der Waals surface area (Å²) in [6.07, 6.45) is 4.46. The molecule has 3 heterocycles. The van der Waals surface area contributed by atoms with Crippen molar-refractivity contribution in [2.45, 2.75) is 53.1 Å². The van der Waals surface area contributed by atoms with Gasteiger partial charge in [-0.1, -0.05) is 24.6 Å². The number of rotatable bonds is 4. The summed E-state index contributed by atoms with van der Waals surface area (Å²) in [6.45, 7) is 8.61. The average Bonchev–Trinajstić information content (AvgIpc) is 2.99. The number of hydrogen-bond acceptors (Lipinski definition) is 2. The second kappa shape index (κ2) is 7.18. The zero-order valence-corrected chi connectivity index (χ0v) is 16.5. The van der Waals surface area contributed by atoms with Gasteiger partial charge in [0.2, 0.25) is 5.91 Å². The molecular formula is C23H27N3O. The molecule has 3 aromatic rings. The summed E-state index contributed by atoms with van der Waals surface area (Å²) in [5, 5.41) is 1.31. The van der Waals surface area contributed by atoms with E-state index in [9.17, 15) is 4.79 Å². The van der Waals surface area contributed by atoms with Gasteiger partial charge in [-0.25, -0.2) is 0 Å². The van der Waals surface area contributed by atoms with Gasteiger partial charge in [0, 0.05) is 66.5 Å². The molecule has 0 unspecified atom stereocenters. The van der Waals surface area contributed by atoms with Gasteiger partial charge in [-0.15, -0.1) is 0 Å². The van der Waals surface area contributed by atoms with Gasteiger partial charge in [-0.05, 0) is 44.0 Å². The van der Waals surface area contributed by atoms with Crippen LogP contribution in [0.4, 0.5) is 0 Å². The van der Waals surface area contributed by atoms with Crippen LogP contribution < -0.4 is 0 Å². The first-order chi connectivity index (χ1) is 13.1. The molecule has 1 amide bonds. The third-order valence-electron chi connectivity index (χ3n) is 5.66. The molecular weight excluding hydrogens is 334 g/mol. The van der Waals surface area contributed by atoms with Crippen molar-refractivity contribution in [2.75, 3.05) is 6.54 Å². The first-order valence-electron chi connectivity index (χ1n) is 9.86. The molecule has 140 valence electrons. The minimum atomic E-state index is 0.250. The van der Waals surface area contributed by atoms with Gasteiger partial charge in [-0.2, -0.15) is 0 Å². The lowest BCUT2D eigenvalue weighted by molar-refractivity contribution is -0.131. The molecule has 0 spiro atoms. The molecule has 4 nitrogen and oxygen atoms in total. The SMILES string of the molecule is CCC(=O)N1CCc2c(c3cc(C)ccc3n2CCc2ccc(C)nc2)C1. The average molecular weight is 361 g/mol. The Kier molecular flexibility index (Phi) is 4.73. The molecule has 27 heavy (non-hydrogen) atoms. The molecule has 0 saturated carbocycles. The number of amides is 1. The van der Waals surface area contributed by atoms with Gasteiger partial charge in [-0.3, -0.25) is 9.78 Å². The van der Waals surface area contributed by atoms with Crippen LogP contribution in [0.1, 0.15) is 41.4 Å². The number of carbonyl (C=O) groups excluding carboxylic acids is 1. The van der Waals surface area contributed by atoms with Crippen LogP contribution in [0.5, 0.6) is 0 Å². The Morgan fingerprint density at radius 3 is 2.78 bits per heavy atom. The van der Waals surface area contributed by atoms with Crippen LogP contribution >= 0.6 is 0 Å². The summed E-state index contributed by atoms with van der Waals surface area (Å²) >= 11 is 0. The van der Waals surface area contributed by atoms with Crippen molar-refractivity contribution >= 4 is 16.8 Å². The molecule has 0 fully saturated rings. The van der Waals surface area contributed by atoms with Crippen LogP contribution in [0.2, 0.25) is 0 Å². The molecule has 4 rings (SSSR count). The predicted molar refractivity (Wildman–Crippen MR) is 109 cm³/mol. The maximum absolute atomic E-state index is 12.2. The summed E-state index contributed by atoms with van der Waals surface area (Å²) < 4.78 is 2.47. The van der Waals surface area contributed by atoms with Crippen LogP contribution in [0.25, 0.3) is 10.9 Å². The van der Waals surface area contributed by atoms with Gasteiger partial charge < -0.3 is 9.47 Å². The van der Waals surface area contributed by atoms with Crippen molar-refractivity contribution in [2.24, 2.45) is 0 Å². The number of carbonyl (C=O) groups is 1. The van der Waals surface area contributed by atoms with E-state index in [1.54, 1.807) is 0 Å². The van der Waals surface area contributed by atoms with E-state index in [2.05, 4.69) is 46.8 Å². The Balaban J connectivity index is 1.70. The number of aromatic nitrogens is 2. The standard InChI is InChI=1S/C23H27N3O/c1-4-23(27)25-11-10-22-20(15-25)19-13-16(2)5-8-21(19)26(22)12-9-18-7-6-17(3)24-14-18/h5-8,13-14H,4,9-12,15H2,1-3H3. The normalized spacial score (nSPS) is 13.8. The van der Waals surface area contributed by atoms with Gasteiger partial charge in [0.15, 0.2) is 0 Å². The Hall–Kier alpha value is -2.62. The Labute approximate surface area is 160 Å². The second-order valence-electron chi connectivity index (χ2n) is 7.57. The number of fused-ring (bicyclic) bond motifs is 3. The van der Waals surface area contributed by atoms with Gasteiger partial charge in [0.1, 0.15) is 0 Å². The lowest BCUT2D eigenvalue weighted by Crippen LogP contribution is -2.35. The fourth-order valence-corrected chi connectivity index (χ4v) is 4.14. The van der Waals surface area contributed by atoms with E-state index in [0.29, 0.717) is 6.42 Å². The molecule has 4 heteroatoms. The lowest BCUT2D eigenvalue weighted by atomic mass is 10.0. The molecule has 0 radical (unpaired) electrons. The van der Waals surface area contributed by atoms with Gasteiger partial charge >= 0.3 is 0 Å². The van der Waals surface area contributed by atoms with Crippen molar-refractivity contribution in [1.29, 1.82) is 0 Å². The monoisotopic (exact) mass is 361 g/mol. The minimum absolute atomic E-state index is 0.250. The van der Waals surface area contributed by atoms with Crippen molar-refractivity contribution in [3.05, 3.63) is 64.6 Å². The van der Waals surface area contributed by atoms with Crippen LogP contribution in [0, 0.1) is 13.8 Å². The topological polar surface area (TPSA) is 38.1 Å². The van der Waals surface area contributed by atoms with Crippen molar-refractivity contribution < 1.29 is 4.79 Å². The summed E-state index contributed by atoms with van der Waals surface area (Å²) in [5.74, 6) is 0.250. The van der Waals surface area contributed by atoms with E-state index in [0.717, 1.165) is 38.2 Å². The van der Waals surface area contributed by atoms with Crippen LogP contribution in [0.3, 0.4) is 0 Å². The lowest BCUT2D eigenvalue weighted by Gasteiger charge is -2.28. The molecule has 1 aliphatic rings. The molecule has 0 bridgehead atoms. The highest BCUT2D eigenvalue weighted by molar-refractivity contribution is 5.87. The molecule has 1 aromatic carbocycles. The van der Waals surface area contributed by atoms with Crippen LogP contribution in [-0.2, 0) is 30.7 Å². The third-order valence-corrected chi connectivity index (χ3v) is 5.66. The Bertz CT molecular complexity index is 985. The first kappa shape index (κ1) is 17.8. The maximum Gasteiger partial charge on any atom is 0.222 e. The number of aryl methyl sites for hydroxylation is 4. The molecule has 2 aromatic heterocycles. The zero-order valence-electron chi connectivity index (χ0n) is 16.5. The number of benzene rings is 1. The van der Waals surface area contributed by atoms with Crippen molar-refractivity contribution in [1.82, 2.24) is 14.5 Å². The highest BCUT2D eigenvalue weighted by atomic mass is 16.2. The highest BCUT2D eigenvalue weighted by Gasteiger charge is 2.25.